The molecule has 26 heavy (non-hydrogen) atoms. The Labute approximate surface area is 155 Å². The molecule has 2 aromatic rings. The predicted octanol–water partition coefficient (Wildman–Crippen LogP) is 4.30. The molecule has 0 spiro atoms. The number of aryl methyl sites for hydroxylation is 1. The average Bonchev–Trinajstić information content (AvgIpc) is 2.65. The predicted molar refractivity (Wildman–Crippen MR) is 103 cm³/mol. The summed E-state index contributed by atoms with van der Waals surface area (Å²) < 4.78 is 11.0. The number of aliphatic hydroxyl groups is 1. The molecule has 0 aliphatic rings. The Morgan fingerprint density at radius 3 is 2.38 bits per heavy atom. The van der Waals surface area contributed by atoms with E-state index >= 15 is 0 Å². The van der Waals surface area contributed by atoms with Crippen LogP contribution in [-0.2, 0) is 22.6 Å². The minimum Gasteiger partial charge on any atom is -0.489 e. The van der Waals surface area contributed by atoms with Crippen LogP contribution >= 0.6 is 0 Å². The average molecular weight is 354 g/mol. The van der Waals surface area contributed by atoms with Gasteiger partial charge in [0.05, 0.1) is 6.61 Å². The second-order valence-electron chi connectivity index (χ2n) is 6.20. The first-order valence-electron chi connectivity index (χ1n) is 8.83. The van der Waals surface area contributed by atoms with E-state index in [1.165, 1.54) is 5.56 Å². The molecule has 0 saturated heterocycles. The molecule has 0 unspecified atom stereocenters. The summed E-state index contributed by atoms with van der Waals surface area (Å²) in [5.41, 5.74) is 4.43. The Hall–Kier alpha value is -2.59. The van der Waals surface area contributed by atoms with Gasteiger partial charge in [0.25, 0.3) is 0 Å². The first-order valence-corrected chi connectivity index (χ1v) is 8.83. The molecule has 1 N–H and O–H groups in total. The monoisotopic (exact) mass is 354 g/mol. The maximum atomic E-state index is 11.4. The molecule has 4 nitrogen and oxygen atoms in total. The van der Waals surface area contributed by atoms with Gasteiger partial charge in [0.1, 0.15) is 19.0 Å². The van der Waals surface area contributed by atoms with E-state index in [1.54, 1.807) is 6.92 Å². The van der Waals surface area contributed by atoms with Crippen LogP contribution < -0.4 is 4.74 Å². The largest absolute Gasteiger partial charge is 0.489 e. The standard InChI is InChI=1S/C22H26O4/c1-4-5-17-8-11-20(19-9-6-18(15-23)7-10-19)21(14-17)25-12-13-26-22(24)16(2)3/h6-11,14,23H,2,4-5,12-13,15H2,1,3H3. The quantitative estimate of drug-likeness (QED) is 0.414. The van der Waals surface area contributed by atoms with E-state index in [0.29, 0.717) is 5.57 Å². The van der Waals surface area contributed by atoms with Gasteiger partial charge in [0.2, 0.25) is 0 Å². The lowest BCUT2D eigenvalue weighted by atomic mass is 10.00. The summed E-state index contributed by atoms with van der Waals surface area (Å²) in [6.45, 7) is 7.78. The summed E-state index contributed by atoms with van der Waals surface area (Å²) in [6, 6.07) is 13.9. The summed E-state index contributed by atoms with van der Waals surface area (Å²) in [7, 11) is 0. The number of ether oxygens (including phenoxy) is 2. The zero-order chi connectivity index (χ0) is 18.9. The fourth-order valence-electron chi connectivity index (χ4n) is 2.57. The fourth-order valence-corrected chi connectivity index (χ4v) is 2.57. The molecule has 0 saturated carbocycles. The van der Waals surface area contributed by atoms with Crippen molar-refractivity contribution in [3.8, 4) is 16.9 Å². The number of hydrogen-bond acceptors (Lipinski definition) is 4. The zero-order valence-electron chi connectivity index (χ0n) is 15.5. The molecule has 0 heterocycles. The lowest BCUT2D eigenvalue weighted by Crippen LogP contribution is -2.12. The Morgan fingerprint density at radius 2 is 1.77 bits per heavy atom. The second kappa shape index (κ2) is 9.78. The van der Waals surface area contributed by atoms with Crippen molar-refractivity contribution in [2.24, 2.45) is 0 Å². The number of carbonyl (C=O) groups is 1. The third kappa shape index (κ3) is 5.46. The zero-order valence-corrected chi connectivity index (χ0v) is 15.5. The van der Waals surface area contributed by atoms with E-state index in [-0.39, 0.29) is 19.8 Å². The van der Waals surface area contributed by atoms with Gasteiger partial charge in [-0.15, -0.1) is 0 Å². The first-order chi connectivity index (χ1) is 12.5. The van der Waals surface area contributed by atoms with Crippen molar-refractivity contribution >= 4 is 5.97 Å². The van der Waals surface area contributed by atoms with Crippen molar-refractivity contribution in [1.29, 1.82) is 0 Å². The molecule has 2 aromatic carbocycles. The van der Waals surface area contributed by atoms with Crippen LogP contribution in [0.5, 0.6) is 5.75 Å². The molecule has 0 aliphatic carbocycles. The number of rotatable bonds is 9. The van der Waals surface area contributed by atoms with Gasteiger partial charge in [-0.3, -0.25) is 0 Å². The number of esters is 1. The van der Waals surface area contributed by atoms with E-state index in [9.17, 15) is 9.90 Å². The van der Waals surface area contributed by atoms with E-state index in [2.05, 4.69) is 19.6 Å². The van der Waals surface area contributed by atoms with Crippen LogP contribution in [0.15, 0.2) is 54.6 Å². The molecule has 0 bridgehead atoms. The summed E-state index contributed by atoms with van der Waals surface area (Å²) in [5, 5.41) is 9.20. The van der Waals surface area contributed by atoms with Crippen molar-refractivity contribution in [3.63, 3.8) is 0 Å². The van der Waals surface area contributed by atoms with Crippen molar-refractivity contribution in [1.82, 2.24) is 0 Å². The molecule has 0 atom stereocenters. The van der Waals surface area contributed by atoms with Gasteiger partial charge in [-0.05, 0) is 36.1 Å². The summed E-state index contributed by atoms with van der Waals surface area (Å²) in [5.74, 6) is 0.354. The minimum absolute atomic E-state index is 0.0210. The number of hydrogen-bond donors (Lipinski definition) is 1. The number of carbonyl (C=O) groups excluding carboxylic acids is 1. The highest BCUT2D eigenvalue weighted by molar-refractivity contribution is 5.86. The summed E-state index contributed by atoms with van der Waals surface area (Å²) in [4.78, 5) is 11.4. The molecular weight excluding hydrogens is 328 g/mol. The van der Waals surface area contributed by atoms with Crippen molar-refractivity contribution in [2.45, 2.75) is 33.3 Å². The normalized spacial score (nSPS) is 10.4. The summed E-state index contributed by atoms with van der Waals surface area (Å²) >= 11 is 0. The van der Waals surface area contributed by atoms with Gasteiger partial charge < -0.3 is 14.6 Å². The topological polar surface area (TPSA) is 55.8 Å². The van der Waals surface area contributed by atoms with Gasteiger partial charge in [-0.2, -0.15) is 0 Å². The first kappa shape index (κ1) is 19.7. The fraction of sp³-hybridized carbons (Fsp3) is 0.318. The highest BCUT2D eigenvalue weighted by Crippen LogP contribution is 2.31. The van der Waals surface area contributed by atoms with E-state index in [0.717, 1.165) is 35.3 Å². The highest BCUT2D eigenvalue weighted by Gasteiger charge is 2.09. The van der Waals surface area contributed by atoms with Crippen molar-refractivity contribution in [3.05, 3.63) is 65.7 Å². The lowest BCUT2D eigenvalue weighted by Gasteiger charge is -2.14. The minimum atomic E-state index is -0.409. The van der Waals surface area contributed by atoms with E-state index in [4.69, 9.17) is 9.47 Å². The van der Waals surface area contributed by atoms with E-state index in [1.807, 2.05) is 36.4 Å². The lowest BCUT2D eigenvalue weighted by molar-refractivity contribution is -0.139. The SMILES string of the molecule is C=C(C)C(=O)OCCOc1cc(CCC)ccc1-c1ccc(CO)cc1. The highest BCUT2D eigenvalue weighted by atomic mass is 16.6. The van der Waals surface area contributed by atoms with Crippen LogP contribution in [0.4, 0.5) is 0 Å². The van der Waals surface area contributed by atoms with Crippen LogP contribution in [0.3, 0.4) is 0 Å². The molecule has 4 heteroatoms. The smallest absolute Gasteiger partial charge is 0.333 e. The Balaban J connectivity index is 2.16. The second-order valence-corrected chi connectivity index (χ2v) is 6.20. The molecule has 0 radical (unpaired) electrons. The van der Waals surface area contributed by atoms with Crippen molar-refractivity contribution in [2.75, 3.05) is 13.2 Å². The van der Waals surface area contributed by atoms with Crippen LogP contribution in [0.1, 0.15) is 31.4 Å². The van der Waals surface area contributed by atoms with Gasteiger partial charge in [-0.1, -0.05) is 56.3 Å². The van der Waals surface area contributed by atoms with Gasteiger partial charge >= 0.3 is 5.97 Å². The number of aliphatic hydroxyl groups excluding tert-OH is 1. The van der Waals surface area contributed by atoms with Gasteiger partial charge in [0.15, 0.2) is 0 Å². The van der Waals surface area contributed by atoms with Crippen LogP contribution in [0.2, 0.25) is 0 Å². The molecule has 2 rings (SSSR count). The molecular formula is C22H26O4. The Morgan fingerprint density at radius 1 is 1.08 bits per heavy atom. The molecule has 0 aliphatic heterocycles. The summed E-state index contributed by atoms with van der Waals surface area (Å²) in [6.07, 6.45) is 2.03. The van der Waals surface area contributed by atoms with Crippen molar-refractivity contribution < 1.29 is 19.4 Å². The maximum absolute atomic E-state index is 11.4. The molecule has 138 valence electrons. The molecule has 0 amide bonds. The number of benzene rings is 2. The molecule has 0 fully saturated rings. The van der Waals surface area contributed by atoms with E-state index < -0.39 is 5.97 Å². The third-order valence-corrected chi connectivity index (χ3v) is 3.95. The van der Waals surface area contributed by atoms with Crippen LogP contribution in [0.25, 0.3) is 11.1 Å². The van der Waals surface area contributed by atoms with Gasteiger partial charge in [0, 0.05) is 11.1 Å². The Bertz CT molecular complexity index is 747. The Kier molecular flexibility index (Phi) is 7.42. The molecule has 0 aromatic heterocycles. The maximum Gasteiger partial charge on any atom is 0.333 e. The van der Waals surface area contributed by atoms with Crippen LogP contribution in [-0.4, -0.2) is 24.3 Å². The van der Waals surface area contributed by atoms with Crippen LogP contribution in [0, 0.1) is 0 Å². The van der Waals surface area contributed by atoms with Gasteiger partial charge in [-0.25, -0.2) is 4.79 Å². The third-order valence-electron chi connectivity index (χ3n) is 3.95.